The van der Waals surface area contributed by atoms with Crippen molar-refractivity contribution >= 4 is 46.2 Å². The topological polar surface area (TPSA) is 75.2 Å². The minimum Gasteiger partial charge on any atom is -0.267 e. The molecule has 2 aromatic heterocycles. The molecule has 1 fully saturated rings. The third kappa shape index (κ3) is 3.43. The highest BCUT2D eigenvalue weighted by Crippen LogP contribution is 2.31. The maximum absolute atomic E-state index is 12.4. The number of hydrazine groups is 1. The fourth-order valence-corrected chi connectivity index (χ4v) is 3.02. The van der Waals surface area contributed by atoms with Crippen molar-refractivity contribution in [2.45, 2.75) is 0 Å². The number of hydrogen-bond donors (Lipinski definition) is 1. The van der Waals surface area contributed by atoms with Gasteiger partial charge in [-0.25, -0.2) is 0 Å². The number of nitrogens with one attached hydrogen (secondary N) is 1. The number of carbonyl (C=O) groups is 2. The molecule has 0 aromatic carbocycles. The maximum atomic E-state index is 12.4. The number of thiocarbonyl (C=S) groups is 1. The Morgan fingerprint density at radius 2 is 1.96 bits per heavy atom. The van der Waals surface area contributed by atoms with Crippen molar-refractivity contribution in [2.75, 3.05) is 0 Å². The van der Waals surface area contributed by atoms with Crippen LogP contribution >= 0.6 is 24.0 Å². The molecule has 1 N–H and O–H groups in total. The molecule has 2 aromatic rings. The molecule has 0 radical (unpaired) electrons. The summed E-state index contributed by atoms with van der Waals surface area (Å²) in [6.07, 6.45) is 7.95. The number of aromatic nitrogens is 2. The van der Waals surface area contributed by atoms with Crippen LogP contribution in [0.15, 0.2) is 54.0 Å². The first-order chi connectivity index (χ1) is 11.1. The van der Waals surface area contributed by atoms with Crippen LogP contribution in [0.4, 0.5) is 0 Å². The van der Waals surface area contributed by atoms with Crippen molar-refractivity contribution in [3.63, 3.8) is 0 Å². The Kier molecular flexibility index (Phi) is 4.45. The first-order valence-electron chi connectivity index (χ1n) is 6.54. The van der Waals surface area contributed by atoms with Gasteiger partial charge in [0, 0.05) is 24.8 Å². The van der Waals surface area contributed by atoms with Gasteiger partial charge in [0.2, 0.25) is 0 Å². The molecular formula is C15H10N4O2S2. The van der Waals surface area contributed by atoms with Crippen LogP contribution in [0.2, 0.25) is 0 Å². The van der Waals surface area contributed by atoms with E-state index >= 15 is 0 Å². The summed E-state index contributed by atoms with van der Waals surface area (Å²) in [5.74, 6) is -0.821. The van der Waals surface area contributed by atoms with Gasteiger partial charge in [0.15, 0.2) is 4.32 Å². The lowest BCUT2D eigenvalue weighted by Crippen LogP contribution is -2.44. The van der Waals surface area contributed by atoms with Crippen molar-refractivity contribution in [1.82, 2.24) is 20.4 Å². The molecule has 0 saturated carbocycles. The molecule has 0 spiro atoms. The van der Waals surface area contributed by atoms with Crippen LogP contribution in [0, 0.1) is 0 Å². The molecule has 6 nitrogen and oxygen atoms in total. The summed E-state index contributed by atoms with van der Waals surface area (Å²) < 4.78 is 0.266. The minimum atomic E-state index is -0.447. The van der Waals surface area contributed by atoms with Crippen molar-refractivity contribution < 1.29 is 9.59 Å². The second kappa shape index (κ2) is 6.67. The zero-order chi connectivity index (χ0) is 16.2. The van der Waals surface area contributed by atoms with E-state index in [1.54, 1.807) is 42.9 Å². The largest absolute Gasteiger partial charge is 0.285 e. The standard InChI is InChI=1S/C15H10N4O2S2/c20-13(11-4-2-6-17-9-11)18-19-14(21)12(23-15(19)22)7-10-3-1-5-16-8-10/h1-9H,(H,18,20)/b12-7+. The number of hydrogen-bond acceptors (Lipinski definition) is 6. The molecule has 114 valence electrons. The zero-order valence-electron chi connectivity index (χ0n) is 11.7. The van der Waals surface area contributed by atoms with Crippen LogP contribution in [0.1, 0.15) is 15.9 Å². The van der Waals surface area contributed by atoms with Crippen LogP contribution in [0.5, 0.6) is 0 Å². The van der Waals surface area contributed by atoms with Gasteiger partial charge in [-0.3, -0.25) is 25.0 Å². The first kappa shape index (κ1) is 15.3. The van der Waals surface area contributed by atoms with Gasteiger partial charge < -0.3 is 0 Å². The summed E-state index contributed by atoms with van der Waals surface area (Å²) in [7, 11) is 0. The Labute approximate surface area is 141 Å². The van der Waals surface area contributed by atoms with E-state index in [4.69, 9.17) is 12.2 Å². The molecule has 1 aliphatic heterocycles. The summed E-state index contributed by atoms with van der Waals surface area (Å²) >= 11 is 6.29. The third-order valence-electron chi connectivity index (χ3n) is 2.91. The zero-order valence-corrected chi connectivity index (χ0v) is 13.3. The smallest absolute Gasteiger partial charge is 0.267 e. The van der Waals surface area contributed by atoms with Gasteiger partial charge in [0.1, 0.15) is 0 Å². The number of rotatable bonds is 3. The van der Waals surface area contributed by atoms with E-state index in [1.807, 2.05) is 6.07 Å². The molecule has 1 aliphatic rings. The van der Waals surface area contributed by atoms with Crippen LogP contribution in [0.25, 0.3) is 6.08 Å². The SMILES string of the molecule is O=C(NN1C(=O)/C(=C\c2cccnc2)SC1=S)c1cccnc1. The Balaban J connectivity index is 1.77. The van der Waals surface area contributed by atoms with Crippen molar-refractivity contribution in [2.24, 2.45) is 0 Å². The van der Waals surface area contributed by atoms with Crippen LogP contribution in [0.3, 0.4) is 0 Å². The Morgan fingerprint density at radius 1 is 1.22 bits per heavy atom. The lowest BCUT2D eigenvalue weighted by atomic mass is 10.2. The number of thioether (sulfide) groups is 1. The quantitative estimate of drug-likeness (QED) is 0.679. The Morgan fingerprint density at radius 3 is 2.61 bits per heavy atom. The van der Waals surface area contributed by atoms with E-state index in [0.717, 1.165) is 22.3 Å². The summed E-state index contributed by atoms with van der Waals surface area (Å²) in [5.41, 5.74) is 3.63. The number of amides is 2. The lowest BCUT2D eigenvalue weighted by molar-refractivity contribution is -0.123. The normalized spacial score (nSPS) is 16.0. The van der Waals surface area contributed by atoms with E-state index in [1.165, 1.54) is 6.20 Å². The molecule has 1 saturated heterocycles. The van der Waals surface area contributed by atoms with E-state index < -0.39 is 5.91 Å². The molecule has 2 amide bonds. The molecule has 23 heavy (non-hydrogen) atoms. The molecule has 0 bridgehead atoms. The average Bonchev–Trinajstić information content (AvgIpc) is 2.84. The number of pyridine rings is 2. The highest BCUT2D eigenvalue weighted by Gasteiger charge is 2.33. The summed E-state index contributed by atoms with van der Waals surface area (Å²) in [4.78, 5) is 32.8. The Hall–Kier alpha value is -2.58. The molecule has 0 atom stereocenters. The maximum Gasteiger partial charge on any atom is 0.285 e. The predicted octanol–water partition coefficient (Wildman–Crippen LogP) is 2.02. The first-order valence-corrected chi connectivity index (χ1v) is 7.76. The summed E-state index contributed by atoms with van der Waals surface area (Å²) in [6.45, 7) is 0. The minimum absolute atomic E-state index is 0.266. The van der Waals surface area contributed by atoms with Gasteiger partial charge in [0.05, 0.1) is 10.5 Å². The molecule has 3 heterocycles. The molecular weight excluding hydrogens is 332 g/mol. The van der Waals surface area contributed by atoms with E-state index in [2.05, 4.69) is 15.4 Å². The average molecular weight is 342 g/mol. The highest BCUT2D eigenvalue weighted by molar-refractivity contribution is 8.26. The number of carbonyl (C=O) groups excluding carboxylic acids is 2. The van der Waals surface area contributed by atoms with E-state index in [9.17, 15) is 9.59 Å². The summed E-state index contributed by atoms with van der Waals surface area (Å²) in [5, 5.41) is 1.07. The van der Waals surface area contributed by atoms with Gasteiger partial charge in [-0.05, 0) is 42.1 Å². The fraction of sp³-hybridized carbons (Fsp3) is 0. The molecule has 0 aliphatic carbocycles. The van der Waals surface area contributed by atoms with Crippen molar-refractivity contribution in [3.8, 4) is 0 Å². The fourth-order valence-electron chi connectivity index (χ4n) is 1.84. The van der Waals surface area contributed by atoms with E-state index in [-0.39, 0.29) is 10.2 Å². The molecule has 8 heteroatoms. The number of nitrogens with zero attached hydrogens (tertiary/aromatic N) is 3. The lowest BCUT2D eigenvalue weighted by Gasteiger charge is -2.15. The predicted molar refractivity (Wildman–Crippen MR) is 91.0 cm³/mol. The second-order valence-corrected chi connectivity index (χ2v) is 6.16. The summed E-state index contributed by atoms with van der Waals surface area (Å²) in [6, 6.07) is 6.84. The van der Waals surface area contributed by atoms with Crippen LogP contribution < -0.4 is 5.43 Å². The van der Waals surface area contributed by atoms with Crippen LogP contribution in [-0.4, -0.2) is 31.1 Å². The van der Waals surface area contributed by atoms with Crippen molar-refractivity contribution in [3.05, 3.63) is 65.1 Å². The van der Waals surface area contributed by atoms with Gasteiger partial charge in [-0.15, -0.1) is 0 Å². The van der Waals surface area contributed by atoms with Gasteiger partial charge in [-0.2, -0.15) is 5.01 Å². The molecule has 3 rings (SSSR count). The molecule has 0 unspecified atom stereocenters. The van der Waals surface area contributed by atoms with Crippen molar-refractivity contribution in [1.29, 1.82) is 0 Å². The van der Waals surface area contributed by atoms with Gasteiger partial charge in [0.25, 0.3) is 11.8 Å². The van der Waals surface area contributed by atoms with Gasteiger partial charge in [-0.1, -0.05) is 17.8 Å². The Bertz CT molecular complexity index is 794. The van der Waals surface area contributed by atoms with Gasteiger partial charge >= 0.3 is 0 Å². The highest BCUT2D eigenvalue weighted by atomic mass is 32.2. The van der Waals surface area contributed by atoms with Crippen LogP contribution in [-0.2, 0) is 4.79 Å². The third-order valence-corrected chi connectivity index (χ3v) is 4.22. The second-order valence-electron chi connectivity index (χ2n) is 4.49. The monoisotopic (exact) mass is 342 g/mol. The van der Waals surface area contributed by atoms with E-state index in [0.29, 0.717) is 10.5 Å².